The number of rotatable bonds is 5. The lowest BCUT2D eigenvalue weighted by Gasteiger charge is -2.33. The van der Waals surface area contributed by atoms with E-state index in [0.717, 1.165) is 45.0 Å². The number of hydrogen-bond acceptors (Lipinski definition) is 3. The van der Waals surface area contributed by atoms with Gasteiger partial charge in [0.15, 0.2) is 0 Å². The van der Waals surface area contributed by atoms with Crippen molar-refractivity contribution in [2.75, 3.05) is 24.5 Å². The second-order valence-electron chi connectivity index (χ2n) is 5.27. The molecular weight excluding hydrogens is 224 g/mol. The van der Waals surface area contributed by atoms with Crippen LogP contribution in [0.25, 0.3) is 0 Å². The molecule has 1 aliphatic rings. The molecule has 1 aromatic rings. The third-order valence-corrected chi connectivity index (χ3v) is 3.77. The number of aryl methyl sites for hydroxylation is 2. The fraction of sp³-hybridized carbons (Fsp3) is 0.786. The summed E-state index contributed by atoms with van der Waals surface area (Å²) in [7, 11) is 0. The van der Waals surface area contributed by atoms with E-state index < -0.39 is 0 Å². The van der Waals surface area contributed by atoms with Crippen molar-refractivity contribution in [2.24, 2.45) is 11.7 Å². The molecule has 2 heterocycles. The maximum atomic E-state index is 5.82. The lowest BCUT2D eigenvalue weighted by atomic mass is 9.99. The lowest BCUT2D eigenvalue weighted by Crippen LogP contribution is -2.39. The number of aromatic nitrogens is 2. The molecule has 1 atom stereocenters. The van der Waals surface area contributed by atoms with Gasteiger partial charge in [-0.05, 0) is 38.1 Å². The van der Waals surface area contributed by atoms with E-state index in [1.807, 2.05) is 0 Å². The third-order valence-electron chi connectivity index (χ3n) is 3.77. The van der Waals surface area contributed by atoms with Gasteiger partial charge in [-0.15, -0.1) is 0 Å². The maximum absolute atomic E-state index is 5.82. The molecular formula is C14H26N4. The maximum Gasteiger partial charge on any atom is 0.205 e. The molecule has 2 rings (SSSR count). The summed E-state index contributed by atoms with van der Waals surface area (Å²) in [6.45, 7) is 8.44. The van der Waals surface area contributed by atoms with Crippen molar-refractivity contribution in [1.29, 1.82) is 0 Å². The first kappa shape index (κ1) is 13.4. The second-order valence-corrected chi connectivity index (χ2v) is 5.27. The summed E-state index contributed by atoms with van der Waals surface area (Å²) in [6.07, 6.45) is 6.88. The molecule has 102 valence electrons. The Bertz CT molecular complexity index is 372. The highest BCUT2D eigenvalue weighted by Crippen LogP contribution is 2.23. The molecule has 0 aromatic carbocycles. The van der Waals surface area contributed by atoms with Crippen molar-refractivity contribution in [1.82, 2.24) is 9.55 Å². The van der Waals surface area contributed by atoms with E-state index >= 15 is 0 Å². The predicted molar refractivity (Wildman–Crippen MR) is 75.9 cm³/mol. The number of nitrogens with zero attached hydrogens (tertiary/aromatic N) is 3. The molecule has 0 radical (unpaired) electrons. The van der Waals surface area contributed by atoms with Crippen LogP contribution in [-0.4, -0.2) is 29.2 Å². The van der Waals surface area contributed by atoms with Gasteiger partial charge in [0.2, 0.25) is 5.95 Å². The van der Waals surface area contributed by atoms with E-state index in [-0.39, 0.29) is 0 Å². The Labute approximate surface area is 110 Å². The molecule has 1 aliphatic heterocycles. The molecule has 0 aliphatic carbocycles. The zero-order chi connectivity index (χ0) is 13.0. The van der Waals surface area contributed by atoms with Crippen LogP contribution in [0.2, 0.25) is 0 Å². The van der Waals surface area contributed by atoms with Crippen LogP contribution in [0.3, 0.4) is 0 Å². The van der Waals surface area contributed by atoms with Crippen LogP contribution >= 0.6 is 0 Å². The average molecular weight is 250 g/mol. The second kappa shape index (κ2) is 6.23. The third kappa shape index (κ3) is 2.86. The van der Waals surface area contributed by atoms with E-state index in [1.54, 1.807) is 0 Å². The fourth-order valence-electron chi connectivity index (χ4n) is 2.73. The topological polar surface area (TPSA) is 47.1 Å². The zero-order valence-electron chi connectivity index (χ0n) is 11.7. The minimum absolute atomic E-state index is 0.635. The first-order valence-corrected chi connectivity index (χ1v) is 7.29. The van der Waals surface area contributed by atoms with Gasteiger partial charge in [-0.1, -0.05) is 13.8 Å². The Morgan fingerprint density at radius 2 is 2.28 bits per heavy atom. The van der Waals surface area contributed by atoms with Crippen LogP contribution in [0.15, 0.2) is 6.20 Å². The molecule has 4 heteroatoms. The van der Waals surface area contributed by atoms with Gasteiger partial charge in [-0.25, -0.2) is 4.98 Å². The van der Waals surface area contributed by atoms with Crippen molar-refractivity contribution in [2.45, 2.75) is 46.1 Å². The molecule has 1 unspecified atom stereocenters. The van der Waals surface area contributed by atoms with Crippen molar-refractivity contribution >= 4 is 5.95 Å². The predicted octanol–water partition coefficient (Wildman–Crippen LogP) is 2.03. The summed E-state index contributed by atoms with van der Waals surface area (Å²) in [6, 6.07) is 0. The Kier molecular flexibility index (Phi) is 4.64. The van der Waals surface area contributed by atoms with Gasteiger partial charge in [0.05, 0.1) is 5.69 Å². The number of hydrogen-bond donors (Lipinski definition) is 1. The van der Waals surface area contributed by atoms with Crippen LogP contribution in [0.4, 0.5) is 5.95 Å². The minimum Gasteiger partial charge on any atom is -0.342 e. The Hall–Kier alpha value is -1.03. The van der Waals surface area contributed by atoms with Crippen molar-refractivity contribution in [3.63, 3.8) is 0 Å². The monoisotopic (exact) mass is 250 g/mol. The van der Waals surface area contributed by atoms with Gasteiger partial charge in [0, 0.05) is 25.8 Å². The van der Waals surface area contributed by atoms with Crippen molar-refractivity contribution in [3.8, 4) is 0 Å². The number of anilines is 1. The smallest absolute Gasteiger partial charge is 0.205 e. The van der Waals surface area contributed by atoms with Gasteiger partial charge in [0.25, 0.3) is 0 Å². The first-order chi connectivity index (χ1) is 8.78. The van der Waals surface area contributed by atoms with Gasteiger partial charge >= 0.3 is 0 Å². The van der Waals surface area contributed by atoms with E-state index in [0.29, 0.717) is 5.92 Å². The number of imidazole rings is 1. The quantitative estimate of drug-likeness (QED) is 0.870. The van der Waals surface area contributed by atoms with E-state index in [2.05, 4.69) is 29.5 Å². The van der Waals surface area contributed by atoms with Crippen molar-refractivity contribution < 1.29 is 0 Å². The lowest BCUT2D eigenvalue weighted by molar-refractivity contribution is 0.415. The van der Waals surface area contributed by atoms with Crippen molar-refractivity contribution in [3.05, 3.63) is 11.9 Å². The molecule has 0 saturated carbocycles. The summed E-state index contributed by atoms with van der Waals surface area (Å²) in [4.78, 5) is 7.21. The number of piperidine rings is 1. The minimum atomic E-state index is 0.635. The van der Waals surface area contributed by atoms with Crippen LogP contribution in [-0.2, 0) is 13.0 Å². The summed E-state index contributed by atoms with van der Waals surface area (Å²) in [5.74, 6) is 1.79. The van der Waals surface area contributed by atoms with Gasteiger partial charge in [-0.3, -0.25) is 0 Å². The molecule has 0 spiro atoms. The molecule has 1 saturated heterocycles. The number of nitrogens with two attached hydrogens (primary N) is 1. The van der Waals surface area contributed by atoms with E-state index in [1.165, 1.54) is 18.5 Å². The standard InChI is InChI=1S/C14H26N4/c1-3-7-17-11-13(4-2)16-14(17)18-8-5-6-12(9-15)10-18/h11-12H,3-10,15H2,1-2H3. The van der Waals surface area contributed by atoms with Gasteiger partial charge in [-0.2, -0.15) is 0 Å². The van der Waals surface area contributed by atoms with Crippen LogP contribution in [0.1, 0.15) is 38.8 Å². The molecule has 18 heavy (non-hydrogen) atoms. The highest BCUT2D eigenvalue weighted by atomic mass is 15.3. The first-order valence-electron chi connectivity index (χ1n) is 7.29. The van der Waals surface area contributed by atoms with E-state index in [9.17, 15) is 0 Å². The average Bonchev–Trinajstić information content (AvgIpc) is 2.82. The zero-order valence-corrected chi connectivity index (χ0v) is 11.7. The molecule has 4 nitrogen and oxygen atoms in total. The summed E-state index contributed by atoms with van der Waals surface area (Å²) >= 11 is 0. The summed E-state index contributed by atoms with van der Waals surface area (Å²) in [5.41, 5.74) is 7.02. The van der Waals surface area contributed by atoms with Gasteiger partial charge in [0.1, 0.15) is 0 Å². The molecule has 1 fully saturated rings. The van der Waals surface area contributed by atoms with E-state index in [4.69, 9.17) is 10.7 Å². The normalized spacial score (nSPS) is 20.4. The fourth-order valence-corrected chi connectivity index (χ4v) is 2.73. The summed E-state index contributed by atoms with van der Waals surface area (Å²) in [5, 5.41) is 0. The Morgan fingerprint density at radius 1 is 1.44 bits per heavy atom. The van der Waals surface area contributed by atoms with Crippen LogP contribution in [0.5, 0.6) is 0 Å². The van der Waals surface area contributed by atoms with Crippen LogP contribution in [0, 0.1) is 5.92 Å². The largest absolute Gasteiger partial charge is 0.342 e. The highest BCUT2D eigenvalue weighted by molar-refractivity contribution is 5.34. The van der Waals surface area contributed by atoms with Gasteiger partial charge < -0.3 is 15.2 Å². The SMILES string of the molecule is CCCn1cc(CC)nc1N1CCCC(CN)C1. The summed E-state index contributed by atoms with van der Waals surface area (Å²) < 4.78 is 2.32. The molecule has 0 amide bonds. The highest BCUT2D eigenvalue weighted by Gasteiger charge is 2.22. The van der Waals surface area contributed by atoms with Crippen LogP contribution < -0.4 is 10.6 Å². The molecule has 1 aromatic heterocycles. The Balaban J connectivity index is 2.17. The molecule has 0 bridgehead atoms. The Morgan fingerprint density at radius 3 is 2.94 bits per heavy atom. The molecule has 2 N–H and O–H groups in total.